The predicted molar refractivity (Wildman–Crippen MR) is 122 cm³/mol. The molecule has 1 heterocycles. The Bertz CT molecular complexity index is 861. The number of nitrogens with one attached hydrogen (secondary N) is 2. The van der Waals surface area contributed by atoms with Crippen molar-refractivity contribution < 1.29 is 9.59 Å². The Morgan fingerprint density at radius 2 is 1.58 bits per heavy atom. The van der Waals surface area contributed by atoms with Gasteiger partial charge in [0.2, 0.25) is 5.91 Å². The van der Waals surface area contributed by atoms with Crippen LogP contribution in [0.2, 0.25) is 0 Å². The van der Waals surface area contributed by atoms with E-state index in [0.29, 0.717) is 12.2 Å². The topological polar surface area (TPSA) is 112 Å². The van der Waals surface area contributed by atoms with Crippen LogP contribution in [-0.4, -0.2) is 43.0 Å². The van der Waals surface area contributed by atoms with Crippen molar-refractivity contribution in [3.8, 4) is 0 Å². The van der Waals surface area contributed by atoms with Crippen LogP contribution in [0.5, 0.6) is 0 Å². The Balaban J connectivity index is 1.29. The zero-order valence-corrected chi connectivity index (χ0v) is 17.7. The molecule has 0 spiro atoms. The number of unbranched alkanes of at least 4 members (excludes halogenated alkanes) is 1. The van der Waals surface area contributed by atoms with Crippen LogP contribution in [0, 0.1) is 5.92 Å². The fraction of sp³-hybridized carbons (Fsp3) is 0.391. The number of likely N-dealkylation sites (tertiary alicyclic amines) is 1. The monoisotopic (exact) mass is 422 g/mol. The van der Waals surface area contributed by atoms with Crippen molar-refractivity contribution in [3.63, 3.8) is 0 Å². The van der Waals surface area contributed by atoms with Gasteiger partial charge in [0.1, 0.15) is 0 Å². The number of rotatable bonds is 9. The van der Waals surface area contributed by atoms with Crippen LogP contribution in [0.4, 0.5) is 21.9 Å². The summed E-state index contributed by atoms with van der Waals surface area (Å²) < 4.78 is 0. The molecule has 4 N–H and O–H groups in total. The summed E-state index contributed by atoms with van der Waals surface area (Å²) in [7, 11) is 0. The first-order valence-electron chi connectivity index (χ1n) is 10.7. The number of urea groups is 1. The van der Waals surface area contributed by atoms with Gasteiger partial charge in [-0.05, 0) is 81.7 Å². The summed E-state index contributed by atoms with van der Waals surface area (Å²) in [5.41, 5.74) is 7.58. The Morgan fingerprint density at radius 1 is 0.935 bits per heavy atom. The number of anilines is 1. The van der Waals surface area contributed by atoms with Crippen molar-refractivity contribution in [2.24, 2.45) is 21.9 Å². The summed E-state index contributed by atoms with van der Waals surface area (Å²) in [6.07, 6.45) is 3.61. The number of azo groups is 1. The Morgan fingerprint density at radius 3 is 2.23 bits per heavy atom. The summed E-state index contributed by atoms with van der Waals surface area (Å²) in [4.78, 5) is 25.6. The molecule has 2 aromatic rings. The number of hydrogen-bond acceptors (Lipinski definition) is 5. The molecule has 1 aliphatic rings. The number of carbonyl (C=O) groups is 2. The molecular formula is C23H30N6O2. The lowest BCUT2D eigenvalue weighted by atomic mass is 9.96. The average Bonchev–Trinajstić information content (AvgIpc) is 2.79. The van der Waals surface area contributed by atoms with Crippen molar-refractivity contribution in [1.29, 1.82) is 0 Å². The minimum Gasteiger partial charge on any atom is -0.369 e. The molecule has 0 unspecified atom stereocenters. The summed E-state index contributed by atoms with van der Waals surface area (Å²) >= 11 is 0. The molecule has 0 atom stereocenters. The van der Waals surface area contributed by atoms with Gasteiger partial charge in [-0.2, -0.15) is 10.2 Å². The molecule has 8 nitrogen and oxygen atoms in total. The van der Waals surface area contributed by atoms with Crippen LogP contribution in [0.25, 0.3) is 0 Å². The quantitative estimate of drug-likeness (QED) is 0.416. The molecule has 31 heavy (non-hydrogen) atoms. The van der Waals surface area contributed by atoms with E-state index >= 15 is 0 Å². The van der Waals surface area contributed by atoms with E-state index in [1.807, 2.05) is 42.5 Å². The second-order valence-corrected chi connectivity index (χ2v) is 7.69. The van der Waals surface area contributed by atoms with Gasteiger partial charge in [-0.1, -0.05) is 18.2 Å². The first kappa shape index (κ1) is 22.4. The van der Waals surface area contributed by atoms with Crippen molar-refractivity contribution in [2.75, 3.05) is 31.5 Å². The van der Waals surface area contributed by atoms with Crippen LogP contribution in [0.1, 0.15) is 25.7 Å². The second kappa shape index (κ2) is 11.8. The third-order valence-electron chi connectivity index (χ3n) is 5.34. The fourth-order valence-corrected chi connectivity index (χ4v) is 3.50. The summed E-state index contributed by atoms with van der Waals surface area (Å²) in [5.74, 6) is -0.149. The minimum atomic E-state index is -0.221. The van der Waals surface area contributed by atoms with Crippen molar-refractivity contribution >= 4 is 29.0 Å². The number of amides is 3. The van der Waals surface area contributed by atoms with E-state index in [1.54, 1.807) is 12.1 Å². The van der Waals surface area contributed by atoms with Crippen LogP contribution in [0.15, 0.2) is 64.8 Å². The maximum absolute atomic E-state index is 12.1. The highest BCUT2D eigenvalue weighted by Gasteiger charge is 2.22. The Kier molecular flexibility index (Phi) is 8.54. The number of hydrogen-bond donors (Lipinski definition) is 3. The average molecular weight is 423 g/mol. The Hall–Kier alpha value is -3.26. The smallest absolute Gasteiger partial charge is 0.319 e. The van der Waals surface area contributed by atoms with Crippen LogP contribution in [0.3, 0.4) is 0 Å². The fourth-order valence-electron chi connectivity index (χ4n) is 3.50. The minimum absolute atomic E-state index is 0.0302. The van der Waals surface area contributed by atoms with Crippen LogP contribution < -0.4 is 16.4 Å². The molecule has 1 aliphatic heterocycles. The molecule has 0 aromatic heterocycles. The zero-order chi connectivity index (χ0) is 21.9. The lowest BCUT2D eigenvalue weighted by molar-refractivity contribution is -0.123. The Labute approximate surface area is 182 Å². The molecule has 1 saturated heterocycles. The zero-order valence-electron chi connectivity index (χ0n) is 17.7. The van der Waals surface area contributed by atoms with E-state index in [-0.39, 0.29) is 17.9 Å². The third kappa shape index (κ3) is 7.82. The maximum atomic E-state index is 12.1. The molecule has 0 bridgehead atoms. The van der Waals surface area contributed by atoms with Crippen molar-refractivity contribution in [3.05, 3.63) is 54.6 Å². The molecule has 0 aliphatic carbocycles. The molecule has 3 amide bonds. The van der Waals surface area contributed by atoms with Crippen molar-refractivity contribution in [1.82, 2.24) is 10.2 Å². The van der Waals surface area contributed by atoms with Gasteiger partial charge in [0.25, 0.3) is 0 Å². The number of carbonyl (C=O) groups excluding carboxylic acids is 2. The van der Waals surface area contributed by atoms with E-state index in [0.717, 1.165) is 56.7 Å². The van der Waals surface area contributed by atoms with Gasteiger partial charge in [-0.15, -0.1) is 0 Å². The van der Waals surface area contributed by atoms with Gasteiger partial charge >= 0.3 is 6.03 Å². The van der Waals surface area contributed by atoms with Crippen LogP contribution in [-0.2, 0) is 4.79 Å². The number of primary amides is 1. The molecule has 2 aromatic carbocycles. The predicted octanol–water partition coefficient (Wildman–Crippen LogP) is 4.20. The van der Waals surface area contributed by atoms with Gasteiger partial charge in [0, 0.05) is 18.2 Å². The van der Waals surface area contributed by atoms with Gasteiger partial charge in [-0.25, -0.2) is 4.79 Å². The normalized spacial score (nSPS) is 15.1. The standard InChI is InChI=1S/C23H30N6O2/c24-22(30)18-12-16-29(17-13-18)15-5-4-14-25-23(31)26-19-8-10-21(11-9-19)28-27-20-6-2-1-3-7-20/h1-3,6-11,18H,4-5,12-17H2,(H2,24,30)(H2,25,26,31). The van der Waals surface area contributed by atoms with E-state index in [4.69, 9.17) is 5.73 Å². The van der Waals surface area contributed by atoms with Gasteiger partial charge < -0.3 is 21.3 Å². The molecule has 0 radical (unpaired) electrons. The largest absolute Gasteiger partial charge is 0.369 e. The third-order valence-corrected chi connectivity index (χ3v) is 5.34. The molecule has 3 rings (SSSR count). The molecule has 8 heteroatoms. The number of nitrogens with zero attached hydrogens (tertiary/aromatic N) is 3. The SMILES string of the molecule is NC(=O)C1CCN(CCCCNC(=O)Nc2ccc(N=Nc3ccccc3)cc2)CC1. The number of piperidine rings is 1. The molecular weight excluding hydrogens is 392 g/mol. The number of benzene rings is 2. The second-order valence-electron chi connectivity index (χ2n) is 7.69. The maximum Gasteiger partial charge on any atom is 0.319 e. The highest BCUT2D eigenvalue weighted by Crippen LogP contribution is 2.20. The first-order chi connectivity index (χ1) is 15.1. The van der Waals surface area contributed by atoms with Gasteiger partial charge in [-0.3, -0.25) is 4.79 Å². The molecule has 164 valence electrons. The van der Waals surface area contributed by atoms with E-state index < -0.39 is 0 Å². The van der Waals surface area contributed by atoms with Crippen molar-refractivity contribution in [2.45, 2.75) is 25.7 Å². The van der Waals surface area contributed by atoms with Gasteiger partial charge in [0.15, 0.2) is 0 Å². The van der Waals surface area contributed by atoms with E-state index in [9.17, 15) is 9.59 Å². The highest BCUT2D eigenvalue weighted by atomic mass is 16.2. The first-order valence-corrected chi connectivity index (χ1v) is 10.7. The van der Waals surface area contributed by atoms with Crippen LogP contribution >= 0.6 is 0 Å². The molecule has 0 saturated carbocycles. The lowest BCUT2D eigenvalue weighted by Crippen LogP contribution is -2.39. The summed E-state index contributed by atoms with van der Waals surface area (Å²) in [5, 5.41) is 14.1. The lowest BCUT2D eigenvalue weighted by Gasteiger charge is -2.30. The number of nitrogens with two attached hydrogens (primary N) is 1. The highest BCUT2D eigenvalue weighted by molar-refractivity contribution is 5.89. The van der Waals surface area contributed by atoms with E-state index in [2.05, 4.69) is 25.8 Å². The summed E-state index contributed by atoms with van der Waals surface area (Å²) in [6, 6.07) is 16.5. The van der Waals surface area contributed by atoms with Gasteiger partial charge in [0.05, 0.1) is 11.4 Å². The summed E-state index contributed by atoms with van der Waals surface area (Å²) in [6.45, 7) is 3.44. The molecule has 1 fully saturated rings. The van der Waals surface area contributed by atoms with E-state index in [1.165, 1.54) is 0 Å².